The number of hydrogen-bond acceptors (Lipinski definition) is 5. The molecule has 1 saturated heterocycles. The van der Waals surface area contributed by atoms with Crippen LogP contribution < -0.4 is 4.74 Å². The smallest absolute Gasteiger partial charge is 0.410 e. The van der Waals surface area contributed by atoms with Crippen molar-refractivity contribution < 1.29 is 23.7 Å². The van der Waals surface area contributed by atoms with E-state index in [4.69, 9.17) is 18.9 Å². The third kappa shape index (κ3) is 6.76. The summed E-state index contributed by atoms with van der Waals surface area (Å²) in [6.07, 6.45) is 0.135. The first kappa shape index (κ1) is 23.7. The maximum absolute atomic E-state index is 12.6. The Hall–Kier alpha value is -2.99. The molecule has 3 rings (SSSR count). The van der Waals surface area contributed by atoms with E-state index in [1.165, 1.54) is 5.56 Å². The second kappa shape index (κ2) is 11.0. The number of ether oxygens (including phenoxy) is 4. The Labute approximate surface area is 190 Å². The summed E-state index contributed by atoms with van der Waals surface area (Å²) in [5, 5.41) is 0. The Bertz CT molecular complexity index is 896. The van der Waals surface area contributed by atoms with E-state index in [1.807, 2.05) is 49.4 Å². The molecular weight excluding hydrogens is 406 g/mol. The van der Waals surface area contributed by atoms with Crippen molar-refractivity contribution in [2.24, 2.45) is 0 Å². The van der Waals surface area contributed by atoms with E-state index < -0.39 is 0 Å². The summed E-state index contributed by atoms with van der Waals surface area (Å²) < 4.78 is 22.6. The highest BCUT2D eigenvalue weighted by Crippen LogP contribution is 2.27. The molecule has 2 aromatic carbocycles. The van der Waals surface area contributed by atoms with Crippen LogP contribution >= 0.6 is 0 Å². The van der Waals surface area contributed by atoms with Gasteiger partial charge in [0, 0.05) is 11.1 Å². The fraction of sp³-hybridized carbons (Fsp3) is 0.423. The molecule has 0 bridgehead atoms. The first-order valence-corrected chi connectivity index (χ1v) is 10.9. The summed E-state index contributed by atoms with van der Waals surface area (Å²) in [6.45, 7) is 11.8. The molecule has 6 heteroatoms. The van der Waals surface area contributed by atoms with Gasteiger partial charge in [-0.2, -0.15) is 0 Å². The number of cyclic esters (lactones) is 1. The average molecular weight is 440 g/mol. The fourth-order valence-corrected chi connectivity index (χ4v) is 3.70. The van der Waals surface area contributed by atoms with Gasteiger partial charge in [0.1, 0.15) is 19.0 Å². The van der Waals surface area contributed by atoms with Gasteiger partial charge in [0.05, 0.1) is 25.5 Å². The fourth-order valence-electron chi connectivity index (χ4n) is 3.70. The molecule has 0 saturated carbocycles. The van der Waals surface area contributed by atoms with Crippen LogP contribution in [0.3, 0.4) is 0 Å². The van der Waals surface area contributed by atoms with Crippen molar-refractivity contribution in [2.75, 3.05) is 26.4 Å². The van der Waals surface area contributed by atoms with Crippen LogP contribution in [0.15, 0.2) is 66.9 Å². The van der Waals surface area contributed by atoms with Crippen LogP contribution in [0.25, 0.3) is 0 Å². The Balaban J connectivity index is 1.51. The Kier molecular flexibility index (Phi) is 8.17. The molecule has 1 aliphatic heterocycles. The Morgan fingerprint density at radius 2 is 1.84 bits per heavy atom. The van der Waals surface area contributed by atoms with Crippen LogP contribution in [0.2, 0.25) is 0 Å². The lowest BCUT2D eigenvalue weighted by molar-refractivity contribution is 0.0645. The zero-order valence-corrected chi connectivity index (χ0v) is 19.2. The zero-order chi connectivity index (χ0) is 23.0. The zero-order valence-electron chi connectivity index (χ0n) is 19.2. The molecule has 1 fully saturated rings. The highest BCUT2D eigenvalue weighted by Gasteiger charge is 2.40. The minimum absolute atomic E-state index is 0.291. The third-order valence-corrected chi connectivity index (χ3v) is 5.32. The van der Waals surface area contributed by atoms with E-state index in [-0.39, 0.29) is 17.7 Å². The van der Waals surface area contributed by atoms with Crippen molar-refractivity contribution in [1.29, 1.82) is 0 Å². The topological polar surface area (TPSA) is 57.2 Å². The van der Waals surface area contributed by atoms with E-state index in [0.29, 0.717) is 38.7 Å². The molecule has 1 atom stereocenters. The van der Waals surface area contributed by atoms with Crippen LogP contribution in [0.5, 0.6) is 5.75 Å². The van der Waals surface area contributed by atoms with Gasteiger partial charge in [0.25, 0.3) is 0 Å². The quantitative estimate of drug-likeness (QED) is 0.345. The third-order valence-electron chi connectivity index (χ3n) is 5.32. The van der Waals surface area contributed by atoms with E-state index in [2.05, 4.69) is 32.6 Å². The van der Waals surface area contributed by atoms with E-state index in [1.54, 1.807) is 4.90 Å². The maximum atomic E-state index is 12.6. The molecule has 32 heavy (non-hydrogen) atoms. The molecule has 0 aromatic heterocycles. The van der Waals surface area contributed by atoms with Gasteiger partial charge in [0.15, 0.2) is 6.10 Å². The monoisotopic (exact) mass is 439 g/mol. The summed E-state index contributed by atoms with van der Waals surface area (Å²) in [6, 6.07) is 17.9. The number of carbonyl (C=O) groups is 1. The van der Waals surface area contributed by atoms with Crippen molar-refractivity contribution >= 4 is 6.09 Å². The van der Waals surface area contributed by atoms with Gasteiger partial charge in [0.2, 0.25) is 0 Å². The molecule has 1 unspecified atom stereocenters. The van der Waals surface area contributed by atoms with Gasteiger partial charge in [-0.1, -0.05) is 55.1 Å². The van der Waals surface area contributed by atoms with Crippen LogP contribution in [-0.4, -0.2) is 49.0 Å². The van der Waals surface area contributed by atoms with E-state index in [9.17, 15) is 4.79 Å². The number of benzene rings is 2. The number of allylic oxidation sites excluding steroid dienone is 1. The first-order chi connectivity index (χ1) is 15.3. The van der Waals surface area contributed by atoms with Gasteiger partial charge in [-0.25, -0.2) is 4.79 Å². The van der Waals surface area contributed by atoms with Gasteiger partial charge >= 0.3 is 6.09 Å². The molecule has 1 aliphatic rings. The van der Waals surface area contributed by atoms with Crippen molar-refractivity contribution in [3.63, 3.8) is 0 Å². The first-order valence-electron chi connectivity index (χ1n) is 10.9. The Morgan fingerprint density at radius 3 is 2.59 bits per heavy atom. The molecule has 0 radical (unpaired) electrons. The molecule has 0 spiro atoms. The van der Waals surface area contributed by atoms with Crippen molar-refractivity contribution in [2.45, 2.75) is 45.4 Å². The predicted molar refractivity (Wildman–Crippen MR) is 124 cm³/mol. The molecule has 1 amide bonds. The molecule has 0 N–H and O–H groups in total. The average Bonchev–Trinajstić information content (AvgIpc) is 3.14. The lowest BCUT2D eigenvalue weighted by atomic mass is 9.93. The summed E-state index contributed by atoms with van der Waals surface area (Å²) in [4.78, 5) is 14.4. The number of nitrogens with zero attached hydrogens (tertiary/aromatic N) is 1. The summed E-state index contributed by atoms with van der Waals surface area (Å²) in [5.74, 6) is 1.40. The number of hydrogen-bond donors (Lipinski definition) is 0. The van der Waals surface area contributed by atoms with Crippen molar-refractivity contribution in [3.05, 3.63) is 78.1 Å². The normalized spacial score (nSPS) is 16.0. The number of amides is 1. The van der Waals surface area contributed by atoms with Crippen molar-refractivity contribution in [1.82, 2.24) is 4.90 Å². The summed E-state index contributed by atoms with van der Waals surface area (Å²) >= 11 is 0. The lowest BCUT2D eigenvalue weighted by Gasteiger charge is -2.33. The molecule has 1 heterocycles. The summed E-state index contributed by atoms with van der Waals surface area (Å²) in [7, 11) is 0. The van der Waals surface area contributed by atoms with Gasteiger partial charge in [-0.05, 0) is 38.8 Å². The largest absolute Gasteiger partial charge is 0.496 e. The van der Waals surface area contributed by atoms with Crippen molar-refractivity contribution in [3.8, 4) is 5.75 Å². The molecule has 6 nitrogen and oxygen atoms in total. The van der Waals surface area contributed by atoms with E-state index in [0.717, 1.165) is 17.7 Å². The number of para-hydroxylation sites is 1. The lowest BCUT2D eigenvalue weighted by Crippen LogP contribution is -2.46. The summed E-state index contributed by atoms with van der Waals surface area (Å²) in [5.41, 5.74) is 1.77. The second-order valence-corrected chi connectivity index (χ2v) is 8.61. The molecular formula is C26H33NO5. The van der Waals surface area contributed by atoms with Crippen LogP contribution in [-0.2, 0) is 27.2 Å². The predicted octanol–water partition coefficient (Wildman–Crippen LogP) is 4.97. The highest BCUT2D eigenvalue weighted by atomic mass is 16.6. The van der Waals surface area contributed by atoms with Gasteiger partial charge < -0.3 is 18.9 Å². The molecule has 172 valence electrons. The number of rotatable bonds is 12. The minimum Gasteiger partial charge on any atom is -0.496 e. The van der Waals surface area contributed by atoms with E-state index >= 15 is 0 Å². The van der Waals surface area contributed by atoms with Gasteiger partial charge in [-0.3, -0.25) is 4.90 Å². The molecule has 0 aliphatic carbocycles. The SMILES string of the molecule is C=C(C)OCCOCc1ccccc1OCC1CN(C(C)(C)Cc2ccccc2)C(=O)O1. The standard InChI is InChI=1S/C26H33NO5/c1-20(2)30-15-14-29-18-22-12-8-9-13-24(22)31-19-23-17-27(25(28)32-23)26(3,4)16-21-10-6-5-7-11-21/h5-13,23H,1,14-19H2,2-4H3. The maximum Gasteiger partial charge on any atom is 0.410 e. The van der Waals surface area contributed by atoms with Crippen LogP contribution in [0, 0.1) is 0 Å². The van der Waals surface area contributed by atoms with Gasteiger partial charge in [-0.15, -0.1) is 0 Å². The Morgan fingerprint density at radius 1 is 1.12 bits per heavy atom. The minimum atomic E-state index is -0.356. The second-order valence-electron chi connectivity index (χ2n) is 8.61. The highest BCUT2D eigenvalue weighted by molar-refractivity contribution is 5.71. The molecule has 2 aromatic rings. The number of carbonyl (C=O) groups excluding carboxylic acids is 1. The van der Waals surface area contributed by atoms with Crippen LogP contribution in [0.4, 0.5) is 4.79 Å². The van der Waals surface area contributed by atoms with Crippen LogP contribution in [0.1, 0.15) is 31.9 Å².